The van der Waals surface area contributed by atoms with E-state index in [9.17, 15) is 9.59 Å². The summed E-state index contributed by atoms with van der Waals surface area (Å²) in [6.45, 7) is 3.89. The lowest BCUT2D eigenvalue weighted by atomic mass is 10.1. The number of amides is 2. The minimum atomic E-state index is -0.536. The van der Waals surface area contributed by atoms with E-state index in [4.69, 9.17) is 5.73 Å². The summed E-state index contributed by atoms with van der Waals surface area (Å²) < 4.78 is 0. The molecule has 2 amide bonds. The van der Waals surface area contributed by atoms with Crippen molar-refractivity contribution in [2.45, 2.75) is 25.9 Å². The third kappa shape index (κ3) is 3.93. The van der Waals surface area contributed by atoms with Gasteiger partial charge in [-0.3, -0.25) is 9.59 Å². The average Bonchev–Trinajstić information content (AvgIpc) is 2.96. The largest absolute Gasteiger partial charge is 0.366 e. The average molecular weight is 318 g/mol. The summed E-state index contributed by atoms with van der Waals surface area (Å²) in [5.41, 5.74) is 6.79. The molecular formula is C16H20N3O2S+. The second-order valence-electron chi connectivity index (χ2n) is 5.20. The van der Waals surface area contributed by atoms with Gasteiger partial charge in [0.1, 0.15) is 11.0 Å². The summed E-state index contributed by atoms with van der Waals surface area (Å²) in [5, 5.41) is 7.00. The third-order valence-electron chi connectivity index (χ3n) is 3.48. The highest BCUT2D eigenvalue weighted by atomic mass is 32.1. The van der Waals surface area contributed by atoms with Gasteiger partial charge < -0.3 is 16.4 Å². The number of carbonyl (C=O) groups excluding carboxylic acids is 2. The molecule has 0 aliphatic carbocycles. The van der Waals surface area contributed by atoms with Gasteiger partial charge in [0.25, 0.3) is 11.8 Å². The van der Waals surface area contributed by atoms with Gasteiger partial charge in [-0.1, -0.05) is 30.3 Å². The second-order valence-corrected chi connectivity index (χ2v) is 6.11. The summed E-state index contributed by atoms with van der Waals surface area (Å²) in [7, 11) is 0. The number of anilines is 1. The first-order chi connectivity index (χ1) is 10.5. The zero-order valence-electron chi connectivity index (χ0n) is 12.6. The highest BCUT2D eigenvalue weighted by Crippen LogP contribution is 2.22. The molecule has 6 heteroatoms. The Morgan fingerprint density at radius 3 is 2.50 bits per heavy atom. The van der Waals surface area contributed by atoms with Crippen molar-refractivity contribution < 1.29 is 14.9 Å². The van der Waals surface area contributed by atoms with Crippen LogP contribution >= 0.6 is 11.3 Å². The molecule has 0 unspecified atom stereocenters. The molecule has 0 bridgehead atoms. The molecule has 1 heterocycles. The van der Waals surface area contributed by atoms with E-state index in [1.807, 2.05) is 42.6 Å². The van der Waals surface area contributed by atoms with E-state index in [0.29, 0.717) is 10.6 Å². The van der Waals surface area contributed by atoms with Crippen LogP contribution in [0.2, 0.25) is 0 Å². The number of quaternary nitrogens is 1. The first kappa shape index (κ1) is 16.2. The molecule has 1 aromatic carbocycles. The van der Waals surface area contributed by atoms with Crippen LogP contribution in [0.5, 0.6) is 0 Å². The van der Waals surface area contributed by atoms with Gasteiger partial charge in [0.15, 0.2) is 6.04 Å². The van der Waals surface area contributed by atoms with E-state index >= 15 is 0 Å². The number of rotatable bonds is 6. The van der Waals surface area contributed by atoms with Crippen LogP contribution in [-0.2, 0) is 4.79 Å². The van der Waals surface area contributed by atoms with Crippen molar-refractivity contribution in [1.29, 1.82) is 0 Å². The first-order valence-corrected chi connectivity index (χ1v) is 7.95. The number of hydrogen-bond acceptors (Lipinski definition) is 3. The Kier molecular flexibility index (Phi) is 5.30. The Morgan fingerprint density at radius 2 is 1.86 bits per heavy atom. The van der Waals surface area contributed by atoms with Gasteiger partial charge in [0.05, 0.1) is 5.56 Å². The number of benzene rings is 1. The molecule has 5 N–H and O–H groups in total. The maximum atomic E-state index is 12.3. The lowest BCUT2D eigenvalue weighted by molar-refractivity contribution is -0.709. The molecular weight excluding hydrogens is 298 g/mol. The maximum Gasteiger partial charge on any atom is 0.282 e. The van der Waals surface area contributed by atoms with Crippen molar-refractivity contribution in [3.8, 4) is 0 Å². The standard InChI is InChI=1S/C16H19N3O2S/c1-10(12-6-4-3-5-7-12)18-11(2)15(21)19-16-13(14(17)20)8-9-22-16/h3-11,18H,1-2H3,(H2,17,20)(H,19,21)/p+1/t10-,11+/m0/s1. The van der Waals surface area contributed by atoms with Crippen molar-refractivity contribution in [2.75, 3.05) is 5.32 Å². The third-order valence-corrected chi connectivity index (χ3v) is 4.31. The first-order valence-electron chi connectivity index (χ1n) is 7.07. The highest BCUT2D eigenvalue weighted by molar-refractivity contribution is 7.14. The molecule has 0 saturated heterocycles. The molecule has 116 valence electrons. The summed E-state index contributed by atoms with van der Waals surface area (Å²) in [4.78, 5) is 23.5. The molecule has 0 fully saturated rings. The van der Waals surface area contributed by atoms with E-state index in [1.54, 1.807) is 11.4 Å². The van der Waals surface area contributed by atoms with Crippen LogP contribution in [0.15, 0.2) is 41.8 Å². The van der Waals surface area contributed by atoms with Crippen LogP contribution in [0.25, 0.3) is 0 Å². The second kappa shape index (κ2) is 7.20. The fraction of sp³-hybridized carbons (Fsp3) is 0.250. The molecule has 2 rings (SSSR count). The van der Waals surface area contributed by atoms with Gasteiger partial charge in [-0.25, -0.2) is 0 Å². The predicted molar refractivity (Wildman–Crippen MR) is 87.7 cm³/mol. The lowest BCUT2D eigenvalue weighted by Gasteiger charge is -2.16. The van der Waals surface area contributed by atoms with Crippen LogP contribution in [0.4, 0.5) is 5.00 Å². The van der Waals surface area contributed by atoms with Gasteiger partial charge in [-0.2, -0.15) is 0 Å². The Balaban J connectivity index is 1.97. The van der Waals surface area contributed by atoms with Crippen LogP contribution in [-0.4, -0.2) is 17.9 Å². The molecule has 0 radical (unpaired) electrons. The lowest BCUT2D eigenvalue weighted by Crippen LogP contribution is -2.91. The highest BCUT2D eigenvalue weighted by Gasteiger charge is 2.22. The van der Waals surface area contributed by atoms with Crippen molar-refractivity contribution in [2.24, 2.45) is 5.73 Å². The normalized spacial score (nSPS) is 13.4. The fourth-order valence-electron chi connectivity index (χ4n) is 2.21. The van der Waals surface area contributed by atoms with E-state index < -0.39 is 5.91 Å². The fourth-order valence-corrected chi connectivity index (χ4v) is 3.01. The summed E-state index contributed by atoms with van der Waals surface area (Å²) in [5.74, 6) is -0.682. The van der Waals surface area contributed by atoms with Crippen LogP contribution in [0.3, 0.4) is 0 Å². The quantitative estimate of drug-likeness (QED) is 0.753. The molecule has 2 atom stereocenters. The maximum absolute atomic E-state index is 12.3. The van der Waals surface area contributed by atoms with E-state index in [1.165, 1.54) is 11.3 Å². The Hall–Kier alpha value is -2.18. The molecule has 0 saturated carbocycles. The van der Waals surface area contributed by atoms with E-state index in [2.05, 4.69) is 12.2 Å². The number of nitrogens with one attached hydrogen (secondary N) is 1. The number of thiophene rings is 1. The number of nitrogens with two attached hydrogens (primary N) is 2. The van der Waals surface area contributed by atoms with Gasteiger partial charge >= 0.3 is 0 Å². The molecule has 0 aliphatic heterocycles. The van der Waals surface area contributed by atoms with E-state index in [-0.39, 0.29) is 18.0 Å². The molecule has 0 spiro atoms. The SMILES string of the molecule is C[C@H]([NH2+][C@H](C)C(=O)Nc1sccc1C(N)=O)c1ccccc1. The minimum absolute atomic E-state index is 0.146. The predicted octanol–water partition coefficient (Wildman–Crippen LogP) is 1.50. The van der Waals surface area contributed by atoms with Gasteiger partial charge in [0.2, 0.25) is 0 Å². The monoisotopic (exact) mass is 318 g/mol. The number of hydrogen-bond donors (Lipinski definition) is 3. The Labute approximate surface area is 133 Å². The molecule has 1 aromatic heterocycles. The number of primary amides is 1. The molecule has 2 aromatic rings. The zero-order valence-corrected chi connectivity index (χ0v) is 13.4. The Morgan fingerprint density at radius 1 is 1.18 bits per heavy atom. The van der Waals surface area contributed by atoms with Crippen molar-refractivity contribution in [1.82, 2.24) is 0 Å². The van der Waals surface area contributed by atoms with Gasteiger partial charge in [0, 0.05) is 5.56 Å². The van der Waals surface area contributed by atoms with Crippen LogP contribution < -0.4 is 16.4 Å². The minimum Gasteiger partial charge on any atom is -0.366 e. The van der Waals surface area contributed by atoms with Crippen LogP contribution in [0.1, 0.15) is 35.8 Å². The van der Waals surface area contributed by atoms with Crippen molar-refractivity contribution >= 4 is 28.2 Å². The van der Waals surface area contributed by atoms with Crippen LogP contribution in [0, 0.1) is 0 Å². The zero-order chi connectivity index (χ0) is 16.1. The smallest absolute Gasteiger partial charge is 0.282 e. The van der Waals surface area contributed by atoms with Gasteiger partial charge in [-0.15, -0.1) is 11.3 Å². The van der Waals surface area contributed by atoms with E-state index in [0.717, 1.165) is 5.56 Å². The number of carbonyl (C=O) groups is 2. The summed E-state index contributed by atoms with van der Waals surface area (Å²) >= 11 is 1.29. The Bertz CT molecular complexity index is 654. The molecule has 5 nitrogen and oxygen atoms in total. The van der Waals surface area contributed by atoms with Crippen molar-refractivity contribution in [3.63, 3.8) is 0 Å². The van der Waals surface area contributed by atoms with Crippen molar-refractivity contribution in [3.05, 3.63) is 52.9 Å². The topological polar surface area (TPSA) is 88.8 Å². The molecule has 22 heavy (non-hydrogen) atoms. The molecule has 0 aliphatic rings. The summed E-state index contributed by atoms with van der Waals surface area (Å²) in [6.07, 6.45) is 0. The van der Waals surface area contributed by atoms with Gasteiger partial charge in [-0.05, 0) is 25.3 Å². The summed E-state index contributed by atoms with van der Waals surface area (Å²) in [6, 6.07) is 11.5.